The Morgan fingerprint density at radius 2 is 1.82 bits per heavy atom. The molecular formula is C29H30ClF2N3O3. The Bertz CT molecular complexity index is 1270. The molecule has 1 aliphatic heterocycles. The maximum absolute atomic E-state index is 13.9. The quantitative estimate of drug-likeness (QED) is 0.389. The molecule has 3 atom stereocenters. The van der Waals surface area contributed by atoms with Crippen LogP contribution in [0.2, 0.25) is 5.02 Å². The molecule has 0 radical (unpaired) electrons. The van der Waals surface area contributed by atoms with Crippen LogP contribution in [-0.2, 0) is 16.1 Å². The number of hydrogen-bond acceptors (Lipinski definition) is 4. The summed E-state index contributed by atoms with van der Waals surface area (Å²) in [6.07, 6.45) is 0.528. The summed E-state index contributed by atoms with van der Waals surface area (Å²) in [7, 11) is 0. The molecule has 1 heterocycles. The van der Waals surface area contributed by atoms with Crippen LogP contribution >= 0.6 is 11.6 Å². The van der Waals surface area contributed by atoms with E-state index in [1.807, 2.05) is 6.92 Å². The van der Waals surface area contributed by atoms with Gasteiger partial charge in [-0.25, -0.2) is 8.78 Å². The molecule has 3 aromatic rings. The normalized spacial score (nSPS) is 18.6. The SMILES string of the molecule is C[C@@H]1CN(Cc2ccc(F)cc2)[C@@H](C)CN1C(=O)COc1ccc(Cl)cc1C(NC=O)c1cccc(F)c1. The molecule has 1 unspecified atom stereocenters. The van der Waals surface area contributed by atoms with E-state index >= 15 is 0 Å². The van der Waals surface area contributed by atoms with E-state index in [4.69, 9.17) is 16.3 Å². The van der Waals surface area contributed by atoms with E-state index in [-0.39, 0.29) is 30.4 Å². The van der Waals surface area contributed by atoms with E-state index < -0.39 is 11.9 Å². The molecule has 4 rings (SSSR count). The fourth-order valence-corrected chi connectivity index (χ4v) is 4.99. The zero-order valence-electron chi connectivity index (χ0n) is 21.2. The van der Waals surface area contributed by atoms with Gasteiger partial charge in [-0.05, 0) is 67.4 Å². The summed E-state index contributed by atoms with van der Waals surface area (Å²) in [5, 5.41) is 3.10. The van der Waals surface area contributed by atoms with Crippen molar-refractivity contribution in [1.82, 2.24) is 15.1 Å². The molecule has 0 bridgehead atoms. The van der Waals surface area contributed by atoms with Gasteiger partial charge in [-0.3, -0.25) is 14.5 Å². The molecule has 0 spiro atoms. The van der Waals surface area contributed by atoms with E-state index in [0.29, 0.717) is 47.9 Å². The standard InChI is InChI=1S/C29H30ClF2N3O3/c1-19-15-35(20(2)14-34(19)16-21-6-9-24(31)10-7-21)28(37)17-38-27-11-8-23(30)13-26(27)29(33-18-36)22-4-3-5-25(32)12-22/h3-13,18-20,29H,14-17H2,1-2H3,(H,33,36)/t19-,20+,29?/m0/s1. The maximum Gasteiger partial charge on any atom is 0.260 e. The van der Waals surface area contributed by atoms with E-state index in [1.165, 1.54) is 24.3 Å². The fraction of sp³-hybridized carbons (Fsp3) is 0.310. The van der Waals surface area contributed by atoms with Gasteiger partial charge in [0.15, 0.2) is 6.61 Å². The fourth-order valence-electron chi connectivity index (χ4n) is 4.81. The van der Waals surface area contributed by atoms with Gasteiger partial charge in [-0.15, -0.1) is 0 Å². The second-order valence-corrected chi connectivity index (χ2v) is 9.98. The lowest BCUT2D eigenvalue weighted by atomic mass is 9.98. The van der Waals surface area contributed by atoms with Gasteiger partial charge in [0.1, 0.15) is 17.4 Å². The summed E-state index contributed by atoms with van der Waals surface area (Å²) in [4.78, 5) is 28.7. The molecule has 2 amide bonds. The predicted octanol–water partition coefficient (Wildman–Crippen LogP) is 4.95. The first-order chi connectivity index (χ1) is 18.2. The summed E-state index contributed by atoms with van der Waals surface area (Å²) in [6, 6.07) is 16.6. The van der Waals surface area contributed by atoms with E-state index in [9.17, 15) is 18.4 Å². The number of ether oxygens (including phenoxy) is 1. The highest BCUT2D eigenvalue weighted by Gasteiger charge is 2.32. The number of nitrogens with one attached hydrogen (secondary N) is 1. The number of piperazine rings is 1. The molecule has 0 aliphatic carbocycles. The summed E-state index contributed by atoms with van der Waals surface area (Å²) >= 11 is 6.23. The molecule has 1 saturated heterocycles. The van der Waals surface area contributed by atoms with Crippen molar-refractivity contribution in [3.05, 3.63) is 100 Å². The van der Waals surface area contributed by atoms with Crippen LogP contribution in [0.15, 0.2) is 66.7 Å². The van der Waals surface area contributed by atoms with Gasteiger partial charge < -0.3 is 15.0 Å². The number of nitrogens with zero attached hydrogens (tertiary/aromatic N) is 2. The van der Waals surface area contributed by atoms with Crippen LogP contribution in [0, 0.1) is 11.6 Å². The maximum atomic E-state index is 13.9. The zero-order chi connectivity index (χ0) is 27.2. The summed E-state index contributed by atoms with van der Waals surface area (Å²) in [5.74, 6) is -0.514. The minimum Gasteiger partial charge on any atom is -0.483 e. The average Bonchev–Trinajstić information content (AvgIpc) is 2.89. The Morgan fingerprint density at radius 3 is 2.53 bits per heavy atom. The monoisotopic (exact) mass is 541 g/mol. The van der Waals surface area contributed by atoms with Crippen LogP contribution < -0.4 is 10.1 Å². The number of benzene rings is 3. The lowest BCUT2D eigenvalue weighted by Gasteiger charge is -2.44. The molecule has 1 N–H and O–H groups in total. The van der Waals surface area contributed by atoms with Crippen molar-refractivity contribution >= 4 is 23.9 Å². The van der Waals surface area contributed by atoms with Crippen LogP contribution in [0.1, 0.15) is 36.6 Å². The number of hydrogen-bond donors (Lipinski definition) is 1. The van der Waals surface area contributed by atoms with Crippen molar-refractivity contribution in [2.24, 2.45) is 0 Å². The average molecular weight is 542 g/mol. The van der Waals surface area contributed by atoms with Crippen LogP contribution in [0.5, 0.6) is 5.75 Å². The lowest BCUT2D eigenvalue weighted by molar-refractivity contribution is -0.139. The first kappa shape index (κ1) is 27.5. The number of halogens is 3. The minimum atomic E-state index is -0.721. The smallest absolute Gasteiger partial charge is 0.260 e. The Labute approximate surface area is 226 Å². The number of amides is 2. The van der Waals surface area contributed by atoms with Gasteiger partial charge in [0.05, 0.1) is 6.04 Å². The van der Waals surface area contributed by atoms with Crippen LogP contribution in [0.4, 0.5) is 8.78 Å². The molecule has 1 fully saturated rings. The van der Waals surface area contributed by atoms with Crippen molar-refractivity contribution in [2.45, 2.75) is 38.5 Å². The summed E-state index contributed by atoms with van der Waals surface area (Å²) in [5.41, 5.74) is 2.03. The Hall–Kier alpha value is -3.49. The lowest BCUT2D eigenvalue weighted by Crippen LogP contribution is -2.58. The predicted molar refractivity (Wildman–Crippen MR) is 142 cm³/mol. The Morgan fingerprint density at radius 1 is 1.05 bits per heavy atom. The van der Waals surface area contributed by atoms with Gasteiger partial charge >= 0.3 is 0 Å². The first-order valence-electron chi connectivity index (χ1n) is 12.4. The largest absolute Gasteiger partial charge is 0.483 e. The molecule has 1 aliphatic rings. The topological polar surface area (TPSA) is 61.9 Å². The molecular weight excluding hydrogens is 512 g/mol. The van der Waals surface area contributed by atoms with Crippen LogP contribution in [0.25, 0.3) is 0 Å². The Balaban J connectivity index is 1.45. The number of carbonyl (C=O) groups is 2. The minimum absolute atomic E-state index is 0.0517. The van der Waals surface area contributed by atoms with Gasteiger partial charge in [0.25, 0.3) is 5.91 Å². The molecule has 6 nitrogen and oxygen atoms in total. The third-order valence-electron chi connectivity index (χ3n) is 6.79. The van der Waals surface area contributed by atoms with E-state index in [0.717, 1.165) is 5.56 Å². The molecule has 0 aromatic heterocycles. The molecule has 3 aromatic carbocycles. The molecule has 9 heteroatoms. The highest BCUT2D eigenvalue weighted by Crippen LogP contribution is 2.33. The van der Waals surface area contributed by atoms with Crippen molar-refractivity contribution < 1.29 is 23.1 Å². The van der Waals surface area contributed by atoms with Crippen molar-refractivity contribution in [2.75, 3.05) is 19.7 Å². The van der Waals surface area contributed by atoms with Gasteiger partial charge in [-0.1, -0.05) is 35.9 Å². The second-order valence-electron chi connectivity index (χ2n) is 9.54. The summed E-state index contributed by atoms with van der Waals surface area (Å²) in [6.45, 7) is 5.70. The third-order valence-corrected chi connectivity index (χ3v) is 7.02. The van der Waals surface area contributed by atoms with Crippen LogP contribution in [0.3, 0.4) is 0 Å². The number of rotatable bonds is 9. The third kappa shape index (κ3) is 6.68. The van der Waals surface area contributed by atoms with Gasteiger partial charge in [0.2, 0.25) is 6.41 Å². The zero-order valence-corrected chi connectivity index (χ0v) is 22.0. The van der Waals surface area contributed by atoms with Crippen molar-refractivity contribution in [1.29, 1.82) is 0 Å². The van der Waals surface area contributed by atoms with E-state index in [1.54, 1.807) is 47.4 Å². The van der Waals surface area contributed by atoms with Gasteiger partial charge in [-0.2, -0.15) is 0 Å². The van der Waals surface area contributed by atoms with Crippen LogP contribution in [-0.4, -0.2) is 53.9 Å². The second kappa shape index (κ2) is 12.4. The van der Waals surface area contributed by atoms with Crippen molar-refractivity contribution in [3.63, 3.8) is 0 Å². The number of carbonyl (C=O) groups excluding carboxylic acids is 2. The highest BCUT2D eigenvalue weighted by atomic mass is 35.5. The molecule has 0 saturated carbocycles. The summed E-state index contributed by atoms with van der Waals surface area (Å²) < 4.78 is 33.1. The van der Waals surface area contributed by atoms with Gasteiger partial charge in [0, 0.05) is 42.3 Å². The Kier molecular flexibility index (Phi) is 8.97. The molecule has 200 valence electrons. The van der Waals surface area contributed by atoms with E-state index in [2.05, 4.69) is 17.1 Å². The van der Waals surface area contributed by atoms with Crippen molar-refractivity contribution in [3.8, 4) is 5.75 Å². The molecule has 38 heavy (non-hydrogen) atoms. The highest BCUT2D eigenvalue weighted by molar-refractivity contribution is 6.30. The first-order valence-corrected chi connectivity index (χ1v) is 12.8.